The molecule has 2 fully saturated rings. The van der Waals surface area contributed by atoms with Crippen LogP contribution >= 0.6 is 12.6 Å². The third-order valence-electron chi connectivity index (χ3n) is 3.65. The van der Waals surface area contributed by atoms with Gasteiger partial charge in [-0.2, -0.15) is 12.6 Å². The zero-order valence-electron chi connectivity index (χ0n) is 10.6. The molecule has 2 saturated heterocycles. The molecule has 4 nitrogen and oxygen atoms in total. The zero-order valence-corrected chi connectivity index (χ0v) is 11.5. The van der Waals surface area contributed by atoms with Crippen LogP contribution in [0.2, 0.25) is 0 Å². The van der Waals surface area contributed by atoms with E-state index in [1.54, 1.807) is 9.80 Å². The van der Waals surface area contributed by atoms with Crippen molar-refractivity contribution in [2.45, 2.75) is 24.5 Å². The number of hydrogen-bond acceptors (Lipinski definition) is 3. The molecule has 0 spiro atoms. The van der Waals surface area contributed by atoms with Crippen LogP contribution in [0.25, 0.3) is 0 Å². The van der Waals surface area contributed by atoms with E-state index in [0.717, 1.165) is 24.3 Å². The van der Waals surface area contributed by atoms with Crippen molar-refractivity contribution < 1.29 is 9.59 Å². The van der Waals surface area contributed by atoms with Crippen LogP contribution in [0, 0.1) is 0 Å². The second-order valence-corrected chi connectivity index (χ2v) is 5.76. The summed E-state index contributed by atoms with van der Waals surface area (Å²) in [6.45, 7) is 1.45. The Bertz CT molecular complexity index is 515. The number of carbonyl (C=O) groups excluding carboxylic acids is 2. The number of thiol groups is 1. The van der Waals surface area contributed by atoms with Gasteiger partial charge < -0.3 is 9.80 Å². The Morgan fingerprint density at radius 2 is 1.63 bits per heavy atom. The van der Waals surface area contributed by atoms with Crippen LogP contribution in [0.3, 0.4) is 0 Å². The molecule has 3 rings (SSSR count). The van der Waals surface area contributed by atoms with Crippen molar-refractivity contribution in [3.8, 4) is 0 Å². The average Bonchev–Trinajstić information content (AvgIpc) is 2.96. The standard InChI is InChI=1S/C14H16N2O2S/c17-13-2-1-7-15(13)10-3-5-11(6-4-10)16-9-12(19)8-14(16)18/h3-6,12,19H,1-2,7-9H2. The van der Waals surface area contributed by atoms with Crippen molar-refractivity contribution in [1.29, 1.82) is 0 Å². The number of hydrogen-bond donors (Lipinski definition) is 1. The van der Waals surface area contributed by atoms with Gasteiger partial charge in [-0.05, 0) is 30.7 Å². The quantitative estimate of drug-likeness (QED) is 0.838. The maximum Gasteiger partial charge on any atom is 0.228 e. The molecule has 2 amide bonds. The minimum atomic E-state index is 0.116. The lowest BCUT2D eigenvalue weighted by Crippen LogP contribution is -2.25. The highest BCUT2D eigenvalue weighted by Gasteiger charge is 2.28. The molecule has 0 aliphatic carbocycles. The van der Waals surface area contributed by atoms with Crippen LogP contribution in [-0.2, 0) is 9.59 Å². The maximum atomic E-state index is 11.8. The Hall–Kier alpha value is -1.49. The van der Waals surface area contributed by atoms with Crippen molar-refractivity contribution in [2.75, 3.05) is 22.9 Å². The van der Waals surface area contributed by atoms with Crippen LogP contribution in [0.4, 0.5) is 11.4 Å². The molecule has 2 aliphatic rings. The predicted octanol–water partition coefficient (Wildman–Crippen LogP) is 1.85. The molecule has 5 heteroatoms. The summed E-state index contributed by atoms with van der Waals surface area (Å²) in [5.74, 6) is 0.297. The molecule has 0 N–H and O–H groups in total. The minimum absolute atomic E-state index is 0.116. The van der Waals surface area contributed by atoms with Crippen molar-refractivity contribution in [3.63, 3.8) is 0 Å². The van der Waals surface area contributed by atoms with E-state index in [1.165, 1.54) is 0 Å². The number of nitrogens with zero attached hydrogens (tertiary/aromatic N) is 2. The monoisotopic (exact) mass is 276 g/mol. The van der Waals surface area contributed by atoms with Gasteiger partial charge in [0.05, 0.1) is 0 Å². The molecule has 1 unspecified atom stereocenters. The highest BCUT2D eigenvalue weighted by atomic mass is 32.1. The summed E-state index contributed by atoms with van der Waals surface area (Å²) in [7, 11) is 0. The van der Waals surface area contributed by atoms with Gasteiger partial charge in [0.25, 0.3) is 0 Å². The maximum absolute atomic E-state index is 11.8. The van der Waals surface area contributed by atoms with E-state index in [1.807, 2.05) is 24.3 Å². The Morgan fingerprint density at radius 1 is 1.00 bits per heavy atom. The fourth-order valence-electron chi connectivity index (χ4n) is 2.67. The largest absolute Gasteiger partial charge is 0.312 e. The van der Waals surface area contributed by atoms with E-state index in [4.69, 9.17) is 0 Å². The van der Waals surface area contributed by atoms with Crippen LogP contribution in [-0.4, -0.2) is 30.2 Å². The second-order valence-electron chi connectivity index (χ2n) is 5.03. The van der Waals surface area contributed by atoms with E-state index < -0.39 is 0 Å². The van der Waals surface area contributed by atoms with Gasteiger partial charge in [0.15, 0.2) is 0 Å². The van der Waals surface area contributed by atoms with Gasteiger partial charge in [-0.1, -0.05) is 0 Å². The van der Waals surface area contributed by atoms with Gasteiger partial charge in [-0.25, -0.2) is 0 Å². The van der Waals surface area contributed by atoms with E-state index in [0.29, 0.717) is 19.4 Å². The van der Waals surface area contributed by atoms with Crippen LogP contribution in [0.1, 0.15) is 19.3 Å². The topological polar surface area (TPSA) is 40.6 Å². The van der Waals surface area contributed by atoms with Crippen molar-refractivity contribution in [1.82, 2.24) is 0 Å². The lowest BCUT2D eigenvalue weighted by atomic mass is 10.2. The van der Waals surface area contributed by atoms with Gasteiger partial charge in [-0.3, -0.25) is 9.59 Å². The van der Waals surface area contributed by atoms with E-state index in [-0.39, 0.29) is 17.1 Å². The summed E-state index contributed by atoms with van der Waals surface area (Å²) in [6, 6.07) is 7.64. The number of amides is 2. The summed E-state index contributed by atoms with van der Waals surface area (Å²) in [6.07, 6.45) is 2.05. The first kappa shape index (κ1) is 12.5. The Morgan fingerprint density at radius 3 is 2.11 bits per heavy atom. The molecule has 1 atom stereocenters. The third kappa shape index (κ3) is 2.34. The molecule has 0 bridgehead atoms. The summed E-state index contributed by atoms with van der Waals surface area (Å²) < 4.78 is 0. The van der Waals surface area contributed by atoms with E-state index in [2.05, 4.69) is 12.6 Å². The van der Waals surface area contributed by atoms with E-state index >= 15 is 0 Å². The minimum Gasteiger partial charge on any atom is -0.312 e. The molecule has 19 heavy (non-hydrogen) atoms. The summed E-state index contributed by atoms with van der Waals surface area (Å²) in [5.41, 5.74) is 1.80. The Balaban J connectivity index is 1.79. The average molecular weight is 276 g/mol. The summed E-state index contributed by atoms with van der Waals surface area (Å²) >= 11 is 4.35. The first-order valence-electron chi connectivity index (χ1n) is 6.54. The zero-order chi connectivity index (χ0) is 13.4. The predicted molar refractivity (Wildman–Crippen MR) is 77.8 cm³/mol. The van der Waals surface area contributed by atoms with Crippen molar-refractivity contribution in [2.24, 2.45) is 0 Å². The van der Waals surface area contributed by atoms with Gasteiger partial charge in [0, 0.05) is 42.6 Å². The SMILES string of the molecule is O=C1CCCN1c1ccc(N2CC(S)CC2=O)cc1. The highest BCUT2D eigenvalue weighted by molar-refractivity contribution is 7.81. The first-order valence-corrected chi connectivity index (χ1v) is 7.05. The molecule has 100 valence electrons. The molecular formula is C14H16N2O2S. The lowest BCUT2D eigenvalue weighted by Gasteiger charge is -2.19. The molecule has 0 aromatic heterocycles. The van der Waals surface area contributed by atoms with Crippen LogP contribution < -0.4 is 9.80 Å². The van der Waals surface area contributed by atoms with Crippen LogP contribution in [0.15, 0.2) is 24.3 Å². The molecule has 1 aromatic carbocycles. The number of carbonyl (C=O) groups is 2. The third-order valence-corrected chi connectivity index (χ3v) is 4.00. The lowest BCUT2D eigenvalue weighted by molar-refractivity contribution is -0.117. The molecule has 2 aliphatic heterocycles. The van der Waals surface area contributed by atoms with Gasteiger partial charge in [-0.15, -0.1) is 0 Å². The van der Waals surface area contributed by atoms with Gasteiger partial charge >= 0.3 is 0 Å². The summed E-state index contributed by atoms with van der Waals surface area (Å²) in [5, 5.41) is 0.118. The fourth-order valence-corrected chi connectivity index (χ4v) is 2.99. The Kier molecular flexibility index (Phi) is 3.22. The molecule has 0 radical (unpaired) electrons. The first-order chi connectivity index (χ1) is 9.15. The van der Waals surface area contributed by atoms with Crippen LogP contribution in [0.5, 0.6) is 0 Å². The highest BCUT2D eigenvalue weighted by Crippen LogP contribution is 2.28. The molecular weight excluding hydrogens is 260 g/mol. The second kappa shape index (κ2) is 4.89. The Labute approximate surface area is 117 Å². The molecule has 1 aromatic rings. The molecule has 2 heterocycles. The smallest absolute Gasteiger partial charge is 0.228 e. The van der Waals surface area contributed by atoms with E-state index in [9.17, 15) is 9.59 Å². The van der Waals surface area contributed by atoms with Gasteiger partial charge in [0.1, 0.15) is 0 Å². The fraction of sp³-hybridized carbons (Fsp3) is 0.429. The number of benzene rings is 1. The normalized spacial score (nSPS) is 23.5. The van der Waals surface area contributed by atoms with Gasteiger partial charge in [0.2, 0.25) is 11.8 Å². The van der Waals surface area contributed by atoms with Crippen molar-refractivity contribution >= 4 is 35.8 Å². The number of anilines is 2. The molecule has 0 saturated carbocycles. The number of rotatable bonds is 2. The van der Waals surface area contributed by atoms with Crippen molar-refractivity contribution in [3.05, 3.63) is 24.3 Å². The summed E-state index contributed by atoms with van der Waals surface area (Å²) in [4.78, 5) is 27.0.